The molecular formula is C27H33N3O3. The van der Waals surface area contributed by atoms with E-state index in [-0.39, 0.29) is 39.8 Å². The molecule has 6 nitrogen and oxygen atoms in total. The van der Waals surface area contributed by atoms with Gasteiger partial charge >= 0.3 is 0 Å². The number of rotatable bonds is 0. The van der Waals surface area contributed by atoms with Crippen LogP contribution in [0.4, 0.5) is 5.69 Å². The van der Waals surface area contributed by atoms with Crippen molar-refractivity contribution in [1.82, 2.24) is 10.2 Å². The predicted molar refractivity (Wildman–Crippen MR) is 126 cm³/mol. The van der Waals surface area contributed by atoms with Crippen LogP contribution >= 0.6 is 0 Å². The molecule has 2 N–H and O–H groups in total. The smallest absolute Gasteiger partial charge is 0.241 e. The number of carbonyl (C=O) groups excluding carboxylic acids is 2. The number of hydrogen-bond donors (Lipinski definition) is 2. The SMILES string of the molecule is CC1(C)C=Cc2c(ccc3c2NC(=O)[C@@]32C[C@@]34CN5CCCCC5(CC3C2(C)C)C(=O)N4)O1. The van der Waals surface area contributed by atoms with Crippen LogP contribution in [0, 0.1) is 11.3 Å². The zero-order chi connectivity index (χ0) is 23.0. The molecule has 2 amide bonds. The first-order chi connectivity index (χ1) is 15.5. The lowest BCUT2D eigenvalue weighted by Crippen LogP contribution is -2.80. The molecule has 1 aromatic rings. The van der Waals surface area contributed by atoms with Crippen molar-refractivity contribution in [2.75, 3.05) is 18.4 Å². The maximum absolute atomic E-state index is 14.0. The highest BCUT2D eigenvalue weighted by molar-refractivity contribution is 6.10. The van der Waals surface area contributed by atoms with E-state index in [1.807, 2.05) is 19.9 Å². The molecule has 0 radical (unpaired) electrons. The molecule has 6 heteroatoms. The summed E-state index contributed by atoms with van der Waals surface area (Å²) < 4.78 is 6.20. The van der Waals surface area contributed by atoms with Crippen LogP contribution in [-0.4, -0.2) is 46.5 Å². The Kier molecular flexibility index (Phi) is 3.44. The Labute approximate surface area is 195 Å². The summed E-state index contributed by atoms with van der Waals surface area (Å²) in [6.45, 7) is 10.5. The molecule has 2 unspecified atom stereocenters. The number of fused-ring (bicyclic) bond motifs is 5. The number of nitrogens with one attached hydrogen (secondary N) is 2. The van der Waals surface area contributed by atoms with E-state index < -0.39 is 5.41 Å². The molecule has 174 valence electrons. The van der Waals surface area contributed by atoms with Gasteiger partial charge in [-0.1, -0.05) is 19.9 Å². The van der Waals surface area contributed by atoms with E-state index in [0.717, 1.165) is 61.3 Å². The standard InChI is InChI=1S/C27H33N3O3/c1-23(2)11-9-16-18(33-23)8-7-17-20(16)28-22(32)27(17)14-25-15-30-12-6-5-10-26(30,21(31)29-25)13-19(25)24(27,3)4/h7-9,11,19H,5-6,10,12-15H2,1-4H3,(H,28,32)(H,29,31)/t19?,25-,26?,27-/m1/s1. The third-order valence-electron chi connectivity index (χ3n) is 10.2. The van der Waals surface area contributed by atoms with Gasteiger partial charge in [0, 0.05) is 12.1 Å². The van der Waals surface area contributed by atoms with Gasteiger partial charge in [0.2, 0.25) is 11.8 Å². The summed E-state index contributed by atoms with van der Waals surface area (Å²) in [5, 5.41) is 6.79. The normalized spacial score (nSPS) is 41.0. The van der Waals surface area contributed by atoms with Crippen molar-refractivity contribution in [3.05, 3.63) is 29.3 Å². The molecule has 4 saturated heterocycles. The Balaban J connectivity index is 1.40. The predicted octanol–water partition coefficient (Wildman–Crippen LogP) is 3.60. The van der Waals surface area contributed by atoms with Crippen molar-refractivity contribution < 1.29 is 14.3 Å². The minimum Gasteiger partial charge on any atom is -0.483 e. The van der Waals surface area contributed by atoms with Gasteiger partial charge in [-0.25, -0.2) is 0 Å². The van der Waals surface area contributed by atoms with E-state index in [1.165, 1.54) is 0 Å². The fraction of sp³-hybridized carbons (Fsp3) is 0.630. The van der Waals surface area contributed by atoms with Gasteiger partial charge in [0.1, 0.15) is 16.9 Å². The van der Waals surface area contributed by atoms with E-state index in [0.29, 0.717) is 6.42 Å². The zero-order valence-corrected chi connectivity index (χ0v) is 20.0. The van der Waals surface area contributed by atoms with Crippen molar-refractivity contribution in [3.8, 4) is 5.75 Å². The molecule has 0 aromatic heterocycles. The molecule has 1 aliphatic carbocycles. The van der Waals surface area contributed by atoms with Crippen molar-refractivity contribution in [2.24, 2.45) is 11.3 Å². The van der Waals surface area contributed by atoms with Gasteiger partial charge < -0.3 is 15.4 Å². The molecule has 4 atom stereocenters. The Hall–Kier alpha value is -2.34. The van der Waals surface area contributed by atoms with E-state index in [2.05, 4.69) is 47.6 Å². The van der Waals surface area contributed by atoms with E-state index >= 15 is 0 Å². The number of piperazine rings is 1. The first-order valence-corrected chi connectivity index (χ1v) is 12.5. The Morgan fingerprint density at radius 3 is 2.73 bits per heavy atom. The fourth-order valence-electron chi connectivity index (χ4n) is 8.63. The van der Waals surface area contributed by atoms with Gasteiger partial charge in [-0.3, -0.25) is 14.5 Å². The van der Waals surface area contributed by atoms with Crippen LogP contribution in [0.3, 0.4) is 0 Å². The van der Waals surface area contributed by atoms with Gasteiger partial charge in [-0.05, 0) is 87.6 Å². The van der Waals surface area contributed by atoms with Crippen LogP contribution in [0.2, 0.25) is 0 Å². The Morgan fingerprint density at radius 1 is 1.09 bits per heavy atom. The first-order valence-electron chi connectivity index (χ1n) is 12.5. The molecule has 1 aromatic carbocycles. The number of benzene rings is 1. The van der Waals surface area contributed by atoms with Gasteiger partial charge in [-0.2, -0.15) is 0 Å². The van der Waals surface area contributed by atoms with Crippen LogP contribution < -0.4 is 15.4 Å². The molecular weight excluding hydrogens is 414 g/mol. The molecule has 2 bridgehead atoms. The number of carbonyl (C=O) groups is 2. The average molecular weight is 448 g/mol. The molecule has 33 heavy (non-hydrogen) atoms. The molecule has 7 aliphatic rings. The molecule has 5 fully saturated rings. The summed E-state index contributed by atoms with van der Waals surface area (Å²) in [4.78, 5) is 29.9. The zero-order valence-electron chi connectivity index (χ0n) is 20.0. The van der Waals surface area contributed by atoms with Crippen molar-refractivity contribution in [3.63, 3.8) is 0 Å². The second-order valence-electron chi connectivity index (χ2n) is 12.5. The van der Waals surface area contributed by atoms with Crippen LogP contribution in [0.15, 0.2) is 18.2 Å². The fourth-order valence-corrected chi connectivity index (χ4v) is 8.63. The topological polar surface area (TPSA) is 70.7 Å². The maximum Gasteiger partial charge on any atom is 0.241 e. The summed E-state index contributed by atoms with van der Waals surface area (Å²) in [5.74, 6) is 1.34. The van der Waals surface area contributed by atoms with Crippen molar-refractivity contribution in [1.29, 1.82) is 0 Å². The largest absolute Gasteiger partial charge is 0.483 e. The lowest BCUT2D eigenvalue weighted by Gasteiger charge is -2.63. The molecule has 6 heterocycles. The third-order valence-corrected chi connectivity index (χ3v) is 10.2. The lowest BCUT2D eigenvalue weighted by atomic mass is 9.56. The monoisotopic (exact) mass is 447 g/mol. The molecule has 8 rings (SSSR count). The summed E-state index contributed by atoms with van der Waals surface area (Å²) in [5.41, 5.74) is 0.853. The number of piperidine rings is 3. The van der Waals surface area contributed by atoms with Crippen LogP contribution in [0.25, 0.3) is 6.08 Å². The summed E-state index contributed by atoms with van der Waals surface area (Å²) >= 11 is 0. The van der Waals surface area contributed by atoms with E-state index in [1.54, 1.807) is 0 Å². The third kappa shape index (κ3) is 2.11. The van der Waals surface area contributed by atoms with Gasteiger partial charge in [0.25, 0.3) is 0 Å². The number of anilines is 1. The van der Waals surface area contributed by atoms with Crippen molar-refractivity contribution >= 4 is 23.6 Å². The summed E-state index contributed by atoms with van der Waals surface area (Å²) in [6.07, 6.45) is 8.86. The number of nitrogens with zero attached hydrogens (tertiary/aromatic N) is 1. The highest BCUT2D eigenvalue weighted by Gasteiger charge is 2.77. The summed E-state index contributed by atoms with van der Waals surface area (Å²) in [6, 6.07) is 4.14. The molecule has 6 aliphatic heterocycles. The van der Waals surface area contributed by atoms with Gasteiger partial charge in [0.05, 0.1) is 16.6 Å². The minimum absolute atomic E-state index is 0.0751. The summed E-state index contributed by atoms with van der Waals surface area (Å²) in [7, 11) is 0. The van der Waals surface area contributed by atoms with Crippen molar-refractivity contribution in [2.45, 2.75) is 81.9 Å². The lowest BCUT2D eigenvalue weighted by molar-refractivity contribution is -0.167. The van der Waals surface area contributed by atoms with Gasteiger partial charge in [0.15, 0.2) is 0 Å². The highest BCUT2D eigenvalue weighted by Crippen LogP contribution is 2.70. The number of hydrogen-bond acceptors (Lipinski definition) is 4. The maximum atomic E-state index is 14.0. The molecule has 1 saturated carbocycles. The highest BCUT2D eigenvalue weighted by atomic mass is 16.5. The van der Waals surface area contributed by atoms with Gasteiger partial charge in [-0.15, -0.1) is 0 Å². The second-order valence-corrected chi connectivity index (χ2v) is 12.5. The number of ether oxygens (including phenoxy) is 1. The second kappa shape index (κ2) is 5.65. The van der Waals surface area contributed by atoms with Crippen LogP contribution in [0.1, 0.15) is 70.9 Å². The first kappa shape index (κ1) is 20.1. The Morgan fingerprint density at radius 2 is 1.91 bits per heavy atom. The van der Waals surface area contributed by atoms with E-state index in [4.69, 9.17) is 4.74 Å². The minimum atomic E-state index is -0.670. The Bertz CT molecular complexity index is 1170. The van der Waals surface area contributed by atoms with Crippen LogP contribution in [-0.2, 0) is 15.0 Å². The van der Waals surface area contributed by atoms with E-state index in [9.17, 15) is 9.59 Å². The quantitative estimate of drug-likeness (QED) is 0.638. The molecule has 3 spiro atoms. The number of amides is 2. The average Bonchev–Trinajstić information content (AvgIpc) is 3.14. The van der Waals surface area contributed by atoms with Crippen LogP contribution in [0.5, 0.6) is 5.75 Å².